The zero-order valence-electron chi connectivity index (χ0n) is 75.5. The maximum Gasteiger partial charge on any atom is 1.00 e. The van der Waals surface area contributed by atoms with Gasteiger partial charge in [-0.2, -0.15) is 0 Å². The quantitative estimate of drug-likeness (QED) is 0.0186. The Morgan fingerprint density at radius 3 is 0.670 bits per heavy atom. The molecule has 0 saturated carbocycles. The first-order valence-electron chi connectivity index (χ1n) is 38.5. The summed E-state index contributed by atoms with van der Waals surface area (Å²) < 4.78 is 73.9. The average Bonchev–Trinajstić information content (AvgIpc) is 1.61. The molecule has 0 aromatic carbocycles. The van der Waals surface area contributed by atoms with E-state index in [1.54, 1.807) is 33.5 Å². The maximum absolute atomic E-state index is 12.4. The molecule has 0 spiro atoms. The van der Waals surface area contributed by atoms with E-state index in [2.05, 4.69) is 242 Å². The van der Waals surface area contributed by atoms with E-state index in [1.807, 2.05) is 6.55 Å². The predicted molar refractivity (Wildman–Crippen MR) is 497 cm³/mol. The largest absolute Gasteiger partial charge is 1.00 e. The fourth-order valence-corrected chi connectivity index (χ4v) is 109. The van der Waals surface area contributed by atoms with Crippen LogP contribution < -0.4 is 23.7 Å². The minimum atomic E-state index is -2.71. The van der Waals surface area contributed by atoms with Gasteiger partial charge in [0.15, 0.2) is 133 Å². The summed E-state index contributed by atoms with van der Waals surface area (Å²) >= 11 is 11.7. The SMILES string of the molecule is C=C(C)C(=O)OCCC[Si](C)(Cl)Cl.C=C(C)C(=O)OCCC[Si](C)(O[Si](C)(C)CC[Si](C)(C)O[Si](C)(C)CC[Si](C)(C)O[Si](C)(C)CC[Si](C)(C)O[Si](C)(C)C)O[Si](C)(C)CC[Si](C)(C)O[Si](C)(C)CC[Si](C)(C)O[Si](C)(C)CC[Si](C)(C)O[Si](C)(C)C.C[Si](C)(C)[O-].C[Si]1(C)CC[Si](C)(C)O1.[Li+]. The van der Waals surface area contributed by atoms with E-state index in [4.69, 9.17) is 68.7 Å². The van der Waals surface area contributed by atoms with Crippen molar-refractivity contribution >= 4 is 191 Å². The van der Waals surface area contributed by atoms with Gasteiger partial charge in [0.1, 0.15) is 0 Å². The molecule has 1 fully saturated rings. The van der Waals surface area contributed by atoms with Gasteiger partial charge in [0.25, 0.3) is 0 Å². The van der Waals surface area contributed by atoms with Gasteiger partial charge in [-0.25, -0.2) is 9.59 Å². The van der Waals surface area contributed by atoms with Crippen molar-refractivity contribution in [3.8, 4) is 0 Å². The van der Waals surface area contributed by atoms with Crippen molar-refractivity contribution in [3.63, 3.8) is 0 Å². The second-order valence-electron chi connectivity index (χ2n) is 41.6. The average molecular weight is 1810 g/mol. The molecule has 0 atom stereocenters. The van der Waals surface area contributed by atoms with Gasteiger partial charge in [-0.1, -0.05) is 41.1 Å². The Morgan fingerprint density at radius 2 is 0.515 bits per heavy atom. The fraction of sp³-hybridized carbons (Fsp3) is 0.910. The maximum atomic E-state index is 12.4. The zero-order valence-corrected chi connectivity index (χ0v) is 96.0. The zero-order chi connectivity index (χ0) is 81.7. The van der Waals surface area contributed by atoms with Crippen LogP contribution >= 0.6 is 22.2 Å². The van der Waals surface area contributed by atoms with Crippen molar-refractivity contribution in [2.24, 2.45) is 0 Å². The van der Waals surface area contributed by atoms with Crippen molar-refractivity contribution in [3.05, 3.63) is 24.3 Å². The van der Waals surface area contributed by atoms with Crippen LogP contribution in [-0.2, 0) is 56.1 Å². The summed E-state index contributed by atoms with van der Waals surface area (Å²) in [4.78, 5) is 33.5. The molecule has 0 unspecified atom stereocenters. The molecule has 1 aliphatic heterocycles. The van der Waals surface area contributed by atoms with Crippen LogP contribution in [-0.4, -0.2) is 182 Å². The number of rotatable bonds is 44. The number of halogens is 2. The van der Waals surface area contributed by atoms with Gasteiger partial charge in [0.05, 0.1) is 13.2 Å². The van der Waals surface area contributed by atoms with E-state index in [-0.39, 0.29) is 30.8 Å². The molecule has 1 rings (SSSR count). The summed E-state index contributed by atoms with van der Waals surface area (Å²) in [5.41, 5.74) is 0.844. The molecule has 0 radical (unpaired) electrons. The second-order valence-corrected chi connectivity index (χ2v) is 129. The monoisotopic (exact) mass is 1800 g/mol. The standard InChI is InChI=1S/C50H128O10Si15.C8H14Cl2O2Si.C6H16OSi2.C3H9OSi.Li/c1-49(2)50(51)52-35-34-36-75(33,59-73(29,30)47-45-71(25,26)57-69(21,22)43-41-67(17,18)55-65(13,14)39-37-63(9,10)53-61(3,4)5)60-74(31,32)48-46-72(27,28)58-70(23,24)44-42-68(19,20)56-66(15,16)40-38-64(11,12)54-62(6,7)8;1-7(2)8(11)12-5-4-6-13(3,9)10;1-8(2)5-6-9(3,4)7-8;1-5(2,3)4;/h1,34-48H2,2-33H3;1,4-6H2,2-3H3;5-6H2,1-4H3;1-3H3;/q;;;-1;+1. The van der Waals surface area contributed by atoms with Crippen LogP contribution in [0.15, 0.2) is 24.3 Å². The second kappa shape index (κ2) is 44.6. The van der Waals surface area contributed by atoms with Gasteiger partial charge < -0.3 is 51.3 Å². The normalized spacial score (nSPS) is 15.7. The van der Waals surface area contributed by atoms with E-state index < -0.39 is 157 Å². The Labute approximate surface area is 680 Å². The number of esters is 2. The molecule has 1 heterocycles. The van der Waals surface area contributed by atoms with Crippen molar-refractivity contribution in [2.75, 3.05) is 13.2 Å². The molecular formula is C67H167Cl2LiO14Si19. The molecule has 0 bridgehead atoms. The van der Waals surface area contributed by atoms with Crippen LogP contribution in [0, 0.1) is 0 Å². The Bertz CT molecular complexity index is 2410. The molecule has 1 aliphatic rings. The van der Waals surface area contributed by atoms with E-state index in [1.165, 1.54) is 36.3 Å². The third kappa shape index (κ3) is 66.2. The van der Waals surface area contributed by atoms with Gasteiger partial charge in [-0.3, -0.25) is 0 Å². The summed E-state index contributed by atoms with van der Waals surface area (Å²) in [6.45, 7) is 100. The first-order valence-corrected chi connectivity index (χ1v) is 99.6. The number of hydrogen-bond acceptors (Lipinski definition) is 14. The van der Waals surface area contributed by atoms with Crippen LogP contribution in [0.2, 0.25) is 352 Å². The number of ether oxygens (including phenoxy) is 2. The molecule has 1 saturated heterocycles. The number of carbonyl (C=O) groups is 2. The van der Waals surface area contributed by atoms with Crippen LogP contribution in [0.5, 0.6) is 0 Å². The van der Waals surface area contributed by atoms with Crippen LogP contribution in [0.25, 0.3) is 0 Å². The van der Waals surface area contributed by atoms with Crippen LogP contribution in [0.4, 0.5) is 0 Å². The molecule has 0 aromatic rings. The Kier molecular flexibility index (Phi) is 48.8. The molecule has 0 N–H and O–H groups in total. The minimum absolute atomic E-state index is 0. The third-order valence-electron chi connectivity index (χ3n) is 16.9. The van der Waals surface area contributed by atoms with Gasteiger partial charge in [-0.05, 0) is 359 Å². The molecule has 610 valence electrons. The summed E-state index contributed by atoms with van der Waals surface area (Å²) in [6.07, 6.45) is 1.43. The van der Waals surface area contributed by atoms with Crippen molar-refractivity contribution < 1.29 is 79.8 Å². The smallest absolute Gasteiger partial charge is 0.859 e. The summed E-state index contributed by atoms with van der Waals surface area (Å²) in [7, 11) is -33.1. The Balaban J connectivity index is -0.00000144. The molecule has 0 amide bonds. The van der Waals surface area contributed by atoms with E-state index in [0.717, 1.165) is 66.9 Å². The first-order chi connectivity index (χ1) is 44.5. The van der Waals surface area contributed by atoms with Gasteiger partial charge in [-0.15, -0.1) is 22.2 Å². The Hall–Kier alpha value is 3.32. The minimum Gasteiger partial charge on any atom is -0.859 e. The molecule has 0 aromatic heterocycles. The molecular weight excluding hydrogens is 1640 g/mol. The fourth-order valence-electron chi connectivity index (χ4n) is 13.0. The molecule has 36 heteroatoms. The van der Waals surface area contributed by atoms with Crippen molar-refractivity contribution in [1.82, 2.24) is 0 Å². The van der Waals surface area contributed by atoms with Gasteiger partial charge >= 0.3 is 39.4 Å². The first kappa shape index (κ1) is 113. The summed E-state index contributed by atoms with van der Waals surface area (Å²) in [5.74, 6) is -0.684. The summed E-state index contributed by atoms with van der Waals surface area (Å²) in [5, 5.41) is 0. The van der Waals surface area contributed by atoms with E-state index in [9.17, 15) is 14.4 Å². The number of hydrogen-bond donors (Lipinski definition) is 0. The van der Waals surface area contributed by atoms with Crippen LogP contribution in [0.1, 0.15) is 26.7 Å². The number of carbonyl (C=O) groups excluding carboxylic acids is 2. The molecule has 103 heavy (non-hydrogen) atoms. The van der Waals surface area contributed by atoms with Crippen molar-refractivity contribution in [1.29, 1.82) is 0 Å². The van der Waals surface area contributed by atoms with Crippen LogP contribution in [0.3, 0.4) is 0 Å². The third-order valence-corrected chi connectivity index (χ3v) is 83.7. The Morgan fingerprint density at radius 1 is 0.340 bits per heavy atom. The van der Waals surface area contributed by atoms with Gasteiger partial charge in [0, 0.05) is 11.1 Å². The van der Waals surface area contributed by atoms with E-state index in [0.29, 0.717) is 30.8 Å². The van der Waals surface area contributed by atoms with E-state index >= 15 is 0 Å². The molecule has 14 nitrogen and oxygen atoms in total. The summed E-state index contributed by atoms with van der Waals surface area (Å²) in [6, 6.07) is 17.9. The molecule has 0 aliphatic carbocycles. The van der Waals surface area contributed by atoms with Gasteiger partial charge in [0.2, 0.25) is 6.69 Å². The topological polar surface area (TPSA) is 159 Å². The predicted octanol–water partition coefficient (Wildman–Crippen LogP) is 21.5. The van der Waals surface area contributed by atoms with Crippen molar-refractivity contribution in [2.45, 2.75) is 379 Å².